The molecule has 0 radical (unpaired) electrons. The summed E-state index contributed by atoms with van der Waals surface area (Å²) in [5, 5.41) is 0.467. The summed E-state index contributed by atoms with van der Waals surface area (Å²) >= 11 is 0. The van der Waals surface area contributed by atoms with Gasteiger partial charge < -0.3 is 4.90 Å². The smallest absolute Gasteiger partial charge is 0.328 e. The largest absolute Gasteiger partial charge is 0.340 e. The highest BCUT2D eigenvalue weighted by Gasteiger charge is 2.27. The van der Waals surface area contributed by atoms with Crippen LogP contribution in [0.15, 0.2) is 33.9 Å². The lowest BCUT2D eigenvalue weighted by Gasteiger charge is -2.38. The van der Waals surface area contributed by atoms with Crippen LogP contribution in [0.3, 0.4) is 0 Å². The number of para-hydroxylation sites is 1. The number of rotatable bonds is 4. The van der Waals surface area contributed by atoms with Gasteiger partial charge in [-0.05, 0) is 25.0 Å². The van der Waals surface area contributed by atoms with Crippen molar-refractivity contribution in [3.63, 3.8) is 0 Å². The first-order valence-electron chi connectivity index (χ1n) is 9.87. The number of aromatic amines is 1. The van der Waals surface area contributed by atoms with Gasteiger partial charge in [-0.1, -0.05) is 25.0 Å². The number of carbonyl (C=O) groups is 1. The molecule has 27 heavy (non-hydrogen) atoms. The Hall–Kier alpha value is -2.41. The molecule has 1 aliphatic heterocycles. The Bertz CT molecular complexity index is 934. The van der Waals surface area contributed by atoms with E-state index in [1.54, 1.807) is 24.3 Å². The van der Waals surface area contributed by atoms with E-state index in [4.69, 9.17) is 0 Å². The van der Waals surface area contributed by atoms with E-state index < -0.39 is 5.69 Å². The fourth-order valence-corrected chi connectivity index (χ4v) is 4.44. The standard InChI is InChI=1S/C20H26N4O3/c25-18(23-13-11-22(12-14-23)15-5-1-2-6-15)9-10-24-17-8-4-3-7-16(17)19(26)21-20(24)27/h3-4,7-8,15H,1-2,5-6,9-14H2,(H,21,26,27). The van der Waals surface area contributed by atoms with Crippen molar-refractivity contribution in [3.05, 3.63) is 45.1 Å². The Morgan fingerprint density at radius 3 is 2.48 bits per heavy atom. The second kappa shape index (κ2) is 7.68. The molecular formula is C20H26N4O3. The fraction of sp³-hybridized carbons (Fsp3) is 0.550. The highest BCUT2D eigenvalue weighted by molar-refractivity contribution is 5.79. The zero-order valence-electron chi connectivity index (χ0n) is 15.5. The number of aromatic nitrogens is 2. The van der Waals surface area contributed by atoms with Gasteiger partial charge in [-0.3, -0.25) is 24.0 Å². The maximum atomic E-state index is 12.6. The molecule has 7 heteroatoms. The van der Waals surface area contributed by atoms with Crippen molar-refractivity contribution in [1.29, 1.82) is 0 Å². The van der Waals surface area contributed by atoms with Gasteiger partial charge in [0.15, 0.2) is 0 Å². The minimum Gasteiger partial charge on any atom is -0.340 e. The van der Waals surface area contributed by atoms with Gasteiger partial charge in [0, 0.05) is 45.2 Å². The molecule has 1 aromatic heterocycles. The van der Waals surface area contributed by atoms with Crippen LogP contribution in [0.1, 0.15) is 32.1 Å². The third kappa shape index (κ3) is 3.69. The molecule has 2 heterocycles. The van der Waals surface area contributed by atoms with Gasteiger partial charge in [0.05, 0.1) is 10.9 Å². The monoisotopic (exact) mass is 370 g/mol. The molecule has 0 bridgehead atoms. The number of H-pyrrole nitrogens is 1. The van der Waals surface area contributed by atoms with E-state index in [-0.39, 0.29) is 24.4 Å². The highest BCUT2D eigenvalue weighted by Crippen LogP contribution is 2.24. The Balaban J connectivity index is 1.39. The minimum absolute atomic E-state index is 0.0725. The molecule has 1 N–H and O–H groups in total. The van der Waals surface area contributed by atoms with Crippen LogP contribution >= 0.6 is 0 Å². The molecule has 1 saturated heterocycles. The number of fused-ring (bicyclic) bond motifs is 1. The minimum atomic E-state index is -0.461. The predicted octanol–water partition coefficient (Wildman–Crippen LogP) is 1.17. The van der Waals surface area contributed by atoms with Crippen molar-refractivity contribution in [2.24, 2.45) is 0 Å². The summed E-state index contributed by atoms with van der Waals surface area (Å²) in [6.07, 6.45) is 5.49. The summed E-state index contributed by atoms with van der Waals surface area (Å²) in [7, 11) is 0. The van der Waals surface area contributed by atoms with Crippen LogP contribution < -0.4 is 11.2 Å². The number of carbonyl (C=O) groups excluding carboxylic acids is 1. The number of amides is 1. The Morgan fingerprint density at radius 2 is 1.74 bits per heavy atom. The number of nitrogens with one attached hydrogen (secondary N) is 1. The molecule has 1 aromatic carbocycles. The number of nitrogens with zero attached hydrogens (tertiary/aromatic N) is 3. The molecule has 0 spiro atoms. The van der Waals surface area contributed by atoms with E-state index in [1.165, 1.54) is 30.3 Å². The van der Waals surface area contributed by atoms with E-state index >= 15 is 0 Å². The van der Waals surface area contributed by atoms with Crippen LogP contribution in [0.25, 0.3) is 10.9 Å². The first kappa shape index (κ1) is 18.0. The number of hydrogen-bond donors (Lipinski definition) is 1. The lowest BCUT2D eigenvalue weighted by Crippen LogP contribution is -2.51. The predicted molar refractivity (Wildman–Crippen MR) is 104 cm³/mol. The molecule has 0 atom stereocenters. The van der Waals surface area contributed by atoms with Gasteiger partial charge in [-0.2, -0.15) is 0 Å². The molecule has 7 nitrogen and oxygen atoms in total. The van der Waals surface area contributed by atoms with Crippen LogP contribution in [0.5, 0.6) is 0 Å². The van der Waals surface area contributed by atoms with Crippen LogP contribution in [-0.4, -0.2) is 57.5 Å². The average molecular weight is 370 g/mol. The van der Waals surface area contributed by atoms with Gasteiger partial charge >= 0.3 is 5.69 Å². The Morgan fingerprint density at radius 1 is 1.04 bits per heavy atom. The molecule has 0 unspecified atom stereocenters. The third-order valence-electron chi connectivity index (χ3n) is 5.96. The lowest BCUT2D eigenvalue weighted by molar-refractivity contribution is -0.133. The summed E-state index contributed by atoms with van der Waals surface area (Å²) in [6.45, 7) is 3.68. The maximum absolute atomic E-state index is 12.6. The van der Waals surface area contributed by atoms with Gasteiger partial charge in [0.1, 0.15) is 0 Å². The molecule has 2 aliphatic rings. The molecule has 1 amide bonds. The molecule has 144 valence electrons. The Labute approximate surface area is 157 Å². The number of benzene rings is 1. The van der Waals surface area contributed by atoms with Crippen LogP contribution in [0.2, 0.25) is 0 Å². The Kier molecular flexibility index (Phi) is 5.11. The molecule has 1 saturated carbocycles. The van der Waals surface area contributed by atoms with E-state index in [9.17, 15) is 14.4 Å². The summed E-state index contributed by atoms with van der Waals surface area (Å²) in [4.78, 5) is 43.5. The number of hydrogen-bond acceptors (Lipinski definition) is 4. The average Bonchev–Trinajstić information content (AvgIpc) is 3.22. The molecule has 2 fully saturated rings. The third-order valence-corrected chi connectivity index (χ3v) is 5.96. The summed E-state index contributed by atoms with van der Waals surface area (Å²) in [5.41, 5.74) is -0.274. The molecule has 1 aliphatic carbocycles. The van der Waals surface area contributed by atoms with Gasteiger partial charge in [0.2, 0.25) is 5.91 Å². The molecule has 4 rings (SSSR count). The van der Waals surface area contributed by atoms with E-state index in [2.05, 4.69) is 9.88 Å². The van der Waals surface area contributed by atoms with E-state index in [1.807, 2.05) is 4.90 Å². The second-order valence-electron chi connectivity index (χ2n) is 7.53. The van der Waals surface area contributed by atoms with Crippen molar-refractivity contribution in [1.82, 2.24) is 19.4 Å². The lowest BCUT2D eigenvalue weighted by atomic mass is 10.1. The fourth-order valence-electron chi connectivity index (χ4n) is 4.44. The summed E-state index contributed by atoms with van der Waals surface area (Å²) < 4.78 is 1.49. The normalized spacial score (nSPS) is 19.0. The van der Waals surface area contributed by atoms with Crippen LogP contribution in [-0.2, 0) is 11.3 Å². The number of piperazine rings is 1. The van der Waals surface area contributed by atoms with Crippen molar-refractivity contribution in [2.75, 3.05) is 26.2 Å². The van der Waals surface area contributed by atoms with Crippen LogP contribution in [0, 0.1) is 0 Å². The first-order chi connectivity index (χ1) is 13.1. The van der Waals surface area contributed by atoms with E-state index in [0.29, 0.717) is 16.9 Å². The highest BCUT2D eigenvalue weighted by atomic mass is 16.2. The van der Waals surface area contributed by atoms with Crippen LogP contribution in [0.4, 0.5) is 0 Å². The molecule has 2 aromatic rings. The zero-order chi connectivity index (χ0) is 18.8. The van der Waals surface area contributed by atoms with Crippen molar-refractivity contribution < 1.29 is 4.79 Å². The van der Waals surface area contributed by atoms with Crippen molar-refractivity contribution in [2.45, 2.75) is 44.7 Å². The van der Waals surface area contributed by atoms with Gasteiger partial charge in [0.25, 0.3) is 5.56 Å². The first-order valence-corrected chi connectivity index (χ1v) is 9.87. The summed E-state index contributed by atoms with van der Waals surface area (Å²) in [6, 6.07) is 7.70. The number of aryl methyl sites for hydroxylation is 1. The van der Waals surface area contributed by atoms with Crippen molar-refractivity contribution >= 4 is 16.8 Å². The maximum Gasteiger partial charge on any atom is 0.328 e. The quantitative estimate of drug-likeness (QED) is 0.876. The second-order valence-corrected chi connectivity index (χ2v) is 7.53. The van der Waals surface area contributed by atoms with E-state index in [0.717, 1.165) is 26.2 Å². The molecular weight excluding hydrogens is 344 g/mol. The van der Waals surface area contributed by atoms with Gasteiger partial charge in [-0.25, -0.2) is 4.79 Å². The van der Waals surface area contributed by atoms with Gasteiger partial charge in [-0.15, -0.1) is 0 Å². The SMILES string of the molecule is O=C(CCn1c(=O)[nH]c(=O)c2ccccc21)N1CCN(C2CCCC2)CC1. The topological polar surface area (TPSA) is 78.4 Å². The van der Waals surface area contributed by atoms with Crippen molar-refractivity contribution in [3.8, 4) is 0 Å². The summed E-state index contributed by atoms with van der Waals surface area (Å²) in [5.74, 6) is 0.0725. The zero-order valence-corrected chi connectivity index (χ0v) is 15.5.